The maximum Gasteiger partial charge on any atom is 0.164 e. The third-order valence-electron chi connectivity index (χ3n) is 3.64. The van der Waals surface area contributed by atoms with Crippen molar-refractivity contribution >= 4 is 11.5 Å². The molecule has 2 aromatic carbocycles. The molecule has 3 rings (SSSR count). The van der Waals surface area contributed by atoms with Crippen molar-refractivity contribution in [1.82, 2.24) is 14.8 Å². The van der Waals surface area contributed by atoms with Gasteiger partial charge in [-0.2, -0.15) is 5.10 Å². The number of anilines is 1. The molecule has 3 aromatic rings. The monoisotopic (exact) mass is 322 g/mol. The number of ether oxygens (including phenoxy) is 1. The Balaban J connectivity index is 1.51. The van der Waals surface area contributed by atoms with E-state index < -0.39 is 0 Å². The van der Waals surface area contributed by atoms with Crippen LogP contribution in [0.2, 0.25) is 0 Å². The third kappa shape index (κ3) is 3.78. The SMILES string of the molecule is COc1ccc(C(=O)CCNc2ccc(-n3cncn3)cc2)cc1. The molecule has 0 fully saturated rings. The third-order valence-corrected chi connectivity index (χ3v) is 3.64. The first-order valence-corrected chi connectivity index (χ1v) is 7.62. The summed E-state index contributed by atoms with van der Waals surface area (Å²) < 4.78 is 6.78. The number of carbonyl (C=O) groups excluding carboxylic acids is 1. The molecule has 0 saturated heterocycles. The van der Waals surface area contributed by atoms with Crippen molar-refractivity contribution < 1.29 is 9.53 Å². The number of methoxy groups -OCH3 is 1. The Labute approximate surface area is 140 Å². The highest BCUT2D eigenvalue weighted by molar-refractivity contribution is 5.96. The average Bonchev–Trinajstić information content (AvgIpc) is 3.17. The molecule has 0 aliphatic carbocycles. The van der Waals surface area contributed by atoms with Gasteiger partial charge in [-0.1, -0.05) is 0 Å². The van der Waals surface area contributed by atoms with Crippen molar-refractivity contribution in [2.24, 2.45) is 0 Å². The van der Waals surface area contributed by atoms with Gasteiger partial charge in [-0.3, -0.25) is 4.79 Å². The van der Waals surface area contributed by atoms with Crippen LogP contribution < -0.4 is 10.1 Å². The van der Waals surface area contributed by atoms with Gasteiger partial charge in [0.25, 0.3) is 0 Å². The standard InChI is InChI=1S/C18H18N4O2/c1-24-17-8-2-14(3-9-17)18(23)10-11-20-15-4-6-16(7-5-15)22-13-19-12-21-22/h2-9,12-13,20H,10-11H2,1H3. The minimum Gasteiger partial charge on any atom is -0.497 e. The van der Waals surface area contributed by atoms with Crippen molar-refractivity contribution in [3.63, 3.8) is 0 Å². The lowest BCUT2D eigenvalue weighted by Crippen LogP contribution is -2.09. The highest BCUT2D eigenvalue weighted by atomic mass is 16.5. The number of benzene rings is 2. The van der Waals surface area contributed by atoms with Crippen molar-refractivity contribution in [1.29, 1.82) is 0 Å². The van der Waals surface area contributed by atoms with Gasteiger partial charge in [-0.15, -0.1) is 0 Å². The van der Waals surface area contributed by atoms with Crippen LogP contribution in [0.5, 0.6) is 5.75 Å². The van der Waals surface area contributed by atoms with E-state index in [2.05, 4.69) is 15.4 Å². The first kappa shape index (κ1) is 15.7. The molecule has 0 spiro atoms. The molecule has 0 bridgehead atoms. The predicted molar refractivity (Wildman–Crippen MR) is 91.8 cm³/mol. The Morgan fingerprint density at radius 2 is 1.88 bits per heavy atom. The molecule has 1 aromatic heterocycles. The maximum atomic E-state index is 12.1. The summed E-state index contributed by atoms with van der Waals surface area (Å²) in [6.07, 6.45) is 3.57. The summed E-state index contributed by atoms with van der Waals surface area (Å²) in [7, 11) is 1.61. The molecule has 0 unspecified atom stereocenters. The largest absolute Gasteiger partial charge is 0.497 e. The van der Waals surface area contributed by atoms with Crippen LogP contribution in [-0.4, -0.2) is 34.2 Å². The first-order chi connectivity index (χ1) is 11.8. The van der Waals surface area contributed by atoms with Gasteiger partial charge >= 0.3 is 0 Å². The van der Waals surface area contributed by atoms with Crippen LogP contribution in [0.4, 0.5) is 5.69 Å². The Kier molecular flexibility index (Phi) is 4.86. The zero-order valence-corrected chi connectivity index (χ0v) is 13.3. The lowest BCUT2D eigenvalue weighted by Gasteiger charge is -2.07. The van der Waals surface area contributed by atoms with E-state index in [9.17, 15) is 4.79 Å². The van der Waals surface area contributed by atoms with E-state index in [0.29, 0.717) is 18.5 Å². The van der Waals surface area contributed by atoms with Crippen molar-refractivity contribution in [2.45, 2.75) is 6.42 Å². The lowest BCUT2D eigenvalue weighted by molar-refractivity contribution is 0.0986. The van der Waals surface area contributed by atoms with Crippen molar-refractivity contribution in [3.8, 4) is 11.4 Å². The van der Waals surface area contributed by atoms with Crippen LogP contribution in [0, 0.1) is 0 Å². The number of hydrogen-bond acceptors (Lipinski definition) is 5. The molecule has 1 heterocycles. The smallest absolute Gasteiger partial charge is 0.164 e. The van der Waals surface area contributed by atoms with Crippen molar-refractivity contribution in [2.75, 3.05) is 19.0 Å². The van der Waals surface area contributed by atoms with Gasteiger partial charge in [-0.05, 0) is 48.5 Å². The molecular formula is C18H18N4O2. The molecule has 24 heavy (non-hydrogen) atoms. The van der Waals surface area contributed by atoms with E-state index >= 15 is 0 Å². The number of carbonyl (C=O) groups is 1. The molecule has 6 heteroatoms. The number of Topliss-reactive ketones (excluding diaryl/α,β-unsaturated/α-hetero) is 1. The Hall–Kier alpha value is -3.15. The predicted octanol–water partition coefficient (Wildman–Crippen LogP) is 2.96. The van der Waals surface area contributed by atoms with Gasteiger partial charge in [0.1, 0.15) is 18.4 Å². The van der Waals surface area contributed by atoms with E-state index in [1.54, 1.807) is 42.4 Å². The van der Waals surface area contributed by atoms with E-state index in [-0.39, 0.29) is 5.78 Å². The summed E-state index contributed by atoms with van der Waals surface area (Å²) >= 11 is 0. The summed E-state index contributed by atoms with van der Waals surface area (Å²) in [5.41, 5.74) is 2.59. The van der Waals surface area contributed by atoms with Crippen LogP contribution in [0.25, 0.3) is 5.69 Å². The molecular weight excluding hydrogens is 304 g/mol. The molecule has 0 aliphatic heterocycles. The quantitative estimate of drug-likeness (QED) is 0.677. The molecule has 122 valence electrons. The summed E-state index contributed by atoms with van der Waals surface area (Å²) in [5, 5.41) is 7.33. The van der Waals surface area contributed by atoms with Crippen LogP contribution in [0.3, 0.4) is 0 Å². The number of rotatable bonds is 7. The van der Waals surface area contributed by atoms with Gasteiger partial charge in [0, 0.05) is 24.2 Å². The zero-order valence-electron chi connectivity index (χ0n) is 13.3. The average molecular weight is 322 g/mol. The second-order valence-electron chi connectivity index (χ2n) is 5.22. The number of nitrogens with zero attached hydrogens (tertiary/aromatic N) is 3. The minimum absolute atomic E-state index is 0.101. The molecule has 6 nitrogen and oxygen atoms in total. The normalized spacial score (nSPS) is 10.4. The highest BCUT2D eigenvalue weighted by Crippen LogP contribution is 2.14. The van der Waals surface area contributed by atoms with Crippen LogP contribution in [0.1, 0.15) is 16.8 Å². The number of ketones is 1. The lowest BCUT2D eigenvalue weighted by atomic mass is 10.1. The number of hydrogen-bond donors (Lipinski definition) is 1. The van der Waals surface area contributed by atoms with Gasteiger partial charge in [-0.25, -0.2) is 9.67 Å². The van der Waals surface area contributed by atoms with Crippen molar-refractivity contribution in [3.05, 3.63) is 66.7 Å². The van der Waals surface area contributed by atoms with Gasteiger partial charge < -0.3 is 10.1 Å². The fraction of sp³-hybridized carbons (Fsp3) is 0.167. The summed E-state index contributed by atoms with van der Waals surface area (Å²) in [6, 6.07) is 15.0. The first-order valence-electron chi connectivity index (χ1n) is 7.62. The molecule has 0 radical (unpaired) electrons. The van der Waals surface area contributed by atoms with Crippen LogP contribution in [-0.2, 0) is 0 Å². The minimum atomic E-state index is 0.101. The van der Waals surface area contributed by atoms with Crippen LogP contribution in [0.15, 0.2) is 61.2 Å². The fourth-order valence-electron chi connectivity index (χ4n) is 2.32. The summed E-state index contributed by atoms with van der Waals surface area (Å²) in [5.74, 6) is 0.849. The number of nitrogens with one attached hydrogen (secondary N) is 1. The second-order valence-corrected chi connectivity index (χ2v) is 5.22. The van der Waals surface area contributed by atoms with Gasteiger partial charge in [0.2, 0.25) is 0 Å². The molecule has 0 saturated carbocycles. The Morgan fingerprint density at radius 3 is 2.50 bits per heavy atom. The molecule has 0 aliphatic rings. The summed E-state index contributed by atoms with van der Waals surface area (Å²) in [6.45, 7) is 0.577. The Morgan fingerprint density at radius 1 is 1.12 bits per heavy atom. The fourth-order valence-corrected chi connectivity index (χ4v) is 2.32. The van der Waals surface area contributed by atoms with E-state index in [1.165, 1.54) is 6.33 Å². The second kappa shape index (κ2) is 7.41. The maximum absolute atomic E-state index is 12.1. The molecule has 0 amide bonds. The molecule has 0 atom stereocenters. The van der Waals surface area contributed by atoms with Crippen LogP contribution >= 0.6 is 0 Å². The Bertz CT molecular complexity index is 781. The van der Waals surface area contributed by atoms with E-state index in [0.717, 1.165) is 17.1 Å². The van der Waals surface area contributed by atoms with Gasteiger partial charge in [0.05, 0.1) is 12.8 Å². The zero-order chi connectivity index (χ0) is 16.8. The highest BCUT2D eigenvalue weighted by Gasteiger charge is 2.06. The topological polar surface area (TPSA) is 69.0 Å². The van der Waals surface area contributed by atoms with Gasteiger partial charge in [0.15, 0.2) is 5.78 Å². The number of aromatic nitrogens is 3. The summed E-state index contributed by atoms with van der Waals surface area (Å²) in [4.78, 5) is 16.1. The van der Waals surface area contributed by atoms with E-state index in [4.69, 9.17) is 4.74 Å². The van der Waals surface area contributed by atoms with E-state index in [1.807, 2.05) is 24.3 Å². The molecule has 1 N–H and O–H groups in total.